The summed E-state index contributed by atoms with van der Waals surface area (Å²) in [6.45, 7) is 3.68. The third-order valence-electron chi connectivity index (χ3n) is 4.19. The van der Waals surface area contributed by atoms with Gasteiger partial charge in [0.15, 0.2) is 0 Å². The van der Waals surface area contributed by atoms with E-state index >= 15 is 0 Å². The summed E-state index contributed by atoms with van der Waals surface area (Å²) in [4.78, 5) is 0. The van der Waals surface area contributed by atoms with E-state index in [0.717, 1.165) is 38.0 Å². The van der Waals surface area contributed by atoms with Crippen LogP contribution in [0.4, 0.5) is 0 Å². The minimum absolute atomic E-state index is 0.110. The Morgan fingerprint density at radius 3 is 3.05 bits per heavy atom. The van der Waals surface area contributed by atoms with Crippen molar-refractivity contribution in [2.24, 2.45) is 0 Å². The number of aromatic nitrogens is 1. The first kappa shape index (κ1) is 14.4. The molecule has 1 aromatic heterocycles. The van der Waals surface area contributed by atoms with Gasteiger partial charge in [-0.25, -0.2) is 0 Å². The highest BCUT2D eigenvalue weighted by atomic mass is 16.5. The molecule has 2 atom stereocenters. The van der Waals surface area contributed by atoms with Crippen LogP contribution in [0, 0.1) is 0 Å². The molecule has 0 bridgehead atoms. The summed E-state index contributed by atoms with van der Waals surface area (Å²) in [6, 6.07) is 10.5. The van der Waals surface area contributed by atoms with Gasteiger partial charge in [0.25, 0.3) is 0 Å². The van der Waals surface area contributed by atoms with Gasteiger partial charge in [0.2, 0.25) is 0 Å². The predicted octanol–water partition coefficient (Wildman–Crippen LogP) is 3.64. The molecule has 2 aromatic rings. The third kappa shape index (κ3) is 3.20. The molecule has 3 heteroatoms. The van der Waals surface area contributed by atoms with Crippen LogP contribution < -0.4 is 0 Å². The average Bonchev–Trinajstić information content (AvgIpc) is 2.97. The van der Waals surface area contributed by atoms with Crippen LogP contribution >= 0.6 is 0 Å². The van der Waals surface area contributed by atoms with Gasteiger partial charge in [0, 0.05) is 12.4 Å². The second-order valence-corrected chi connectivity index (χ2v) is 5.75. The molecule has 3 rings (SSSR count). The van der Waals surface area contributed by atoms with Gasteiger partial charge in [-0.2, -0.15) is 0 Å². The molecule has 0 saturated heterocycles. The van der Waals surface area contributed by atoms with Crippen molar-refractivity contribution < 1.29 is 9.84 Å². The van der Waals surface area contributed by atoms with Gasteiger partial charge in [-0.3, -0.25) is 0 Å². The van der Waals surface area contributed by atoms with Crippen molar-refractivity contribution >= 4 is 0 Å². The van der Waals surface area contributed by atoms with Gasteiger partial charge in [0.05, 0.1) is 19.3 Å². The van der Waals surface area contributed by atoms with Crippen molar-refractivity contribution in [3.8, 4) is 0 Å². The Labute approximate surface area is 126 Å². The van der Waals surface area contributed by atoms with Crippen molar-refractivity contribution in [1.82, 2.24) is 4.57 Å². The fraction of sp³-hybridized carbons (Fsp3) is 0.444. The minimum atomic E-state index is -0.351. The van der Waals surface area contributed by atoms with Crippen LogP contribution in [0.25, 0.3) is 0 Å². The first-order valence-corrected chi connectivity index (χ1v) is 7.81. The van der Waals surface area contributed by atoms with Gasteiger partial charge in [-0.15, -0.1) is 0 Å². The molecular formula is C18H23NO2. The number of benzene rings is 1. The van der Waals surface area contributed by atoms with Crippen LogP contribution in [-0.2, 0) is 17.7 Å². The van der Waals surface area contributed by atoms with Gasteiger partial charge >= 0.3 is 0 Å². The molecule has 112 valence electrons. The van der Waals surface area contributed by atoms with E-state index in [-0.39, 0.29) is 12.2 Å². The number of aliphatic hydroxyl groups excluding tert-OH is 1. The molecule has 2 heterocycles. The Bertz CT molecular complexity index is 590. The minimum Gasteiger partial charge on any atom is -0.388 e. The average molecular weight is 285 g/mol. The maximum atomic E-state index is 10.1. The maximum absolute atomic E-state index is 10.1. The van der Waals surface area contributed by atoms with Crippen LogP contribution in [0.2, 0.25) is 0 Å². The second-order valence-electron chi connectivity index (χ2n) is 5.75. The van der Waals surface area contributed by atoms with Gasteiger partial charge in [0.1, 0.15) is 6.10 Å². The quantitative estimate of drug-likeness (QED) is 0.910. The van der Waals surface area contributed by atoms with Crippen LogP contribution in [-0.4, -0.2) is 16.3 Å². The van der Waals surface area contributed by atoms with E-state index in [1.54, 1.807) is 0 Å². The smallest absolute Gasteiger partial charge is 0.101 e. The molecule has 3 nitrogen and oxygen atoms in total. The number of aliphatic hydroxyl groups is 1. The Hall–Kier alpha value is -1.58. The summed E-state index contributed by atoms with van der Waals surface area (Å²) in [5.74, 6) is 0. The summed E-state index contributed by atoms with van der Waals surface area (Å²) in [7, 11) is 0. The molecule has 0 amide bonds. The van der Waals surface area contributed by atoms with Crippen LogP contribution in [0.15, 0.2) is 42.7 Å². The number of hydrogen-bond acceptors (Lipinski definition) is 2. The number of ether oxygens (including phenoxy) is 1. The topological polar surface area (TPSA) is 34.4 Å². The van der Waals surface area contributed by atoms with Crippen molar-refractivity contribution in [3.63, 3.8) is 0 Å². The standard InChI is InChI=1S/C18H23NO2/c1-2-5-17(20)15-8-10-19(12-15)13-18-16-7-4-3-6-14(16)9-11-21-18/h3-4,6-8,10,12,17-18,20H,2,5,9,11,13H2,1H3. The van der Waals surface area contributed by atoms with E-state index in [4.69, 9.17) is 4.74 Å². The van der Waals surface area contributed by atoms with Crippen molar-refractivity contribution in [3.05, 3.63) is 59.4 Å². The van der Waals surface area contributed by atoms with Crippen LogP contribution in [0.1, 0.15) is 48.7 Å². The molecule has 0 fully saturated rings. The molecule has 1 aliphatic rings. The second kappa shape index (κ2) is 6.46. The number of nitrogens with zero attached hydrogens (tertiary/aromatic N) is 1. The van der Waals surface area contributed by atoms with E-state index in [9.17, 15) is 5.11 Å². The monoisotopic (exact) mass is 285 g/mol. The van der Waals surface area contributed by atoms with Crippen LogP contribution in [0.3, 0.4) is 0 Å². The summed E-state index contributed by atoms with van der Waals surface area (Å²) < 4.78 is 8.07. The largest absolute Gasteiger partial charge is 0.388 e. The molecule has 0 saturated carbocycles. The van der Waals surface area contributed by atoms with E-state index in [1.807, 2.05) is 18.5 Å². The molecular weight excluding hydrogens is 262 g/mol. The Kier molecular flexibility index (Phi) is 4.42. The van der Waals surface area contributed by atoms with E-state index < -0.39 is 0 Å². The highest BCUT2D eigenvalue weighted by Gasteiger charge is 2.21. The zero-order chi connectivity index (χ0) is 14.7. The molecule has 21 heavy (non-hydrogen) atoms. The lowest BCUT2D eigenvalue weighted by Crippen LogP contribution is -2.20. The Morgan fingerprint density at radius 1 is 1.33 bits per heavy atom. The first-order chi connectivity index (χ1) is 10.3. The lowest BCUT2D eigenvalue weighted by molar-refractivity contribution is 0.0306. The Morgan fingerprint density at radius 2 is 2.19 bits per heavy atom. The molecule has 0 aliphatic carbocycles. The molecule has 1 aromatic carbocycles. The van der Waals surface area contributed by atoms with Crippen LogP contribution in [0.5, 0.6) is 0 Å². The lowest BCUT2D eigenvalue weighted by atomic mass is 9.97. The highest BCUT2D eigenvalue weighted by molar-refractivity contribution is 5.31. The first-order valence-electron chi connectivity index (χ1n) is 7.81. The zero-order valence-electron chi connectivity index (χ0n) is 12.5. The molecule has 0 radical (unpaired) electrons. The molecule has 0 spiro atoms. The van der Waals surface area contributed by atoms with Crippen molar-refractivity contribution in [2.45, 2.75) is 44.9 Å². The summed E-state index contributed by atoms with van der Waals surface area (Å²) in [6.07, 6.45) is 6.64. The summed E-state index contributed by atoms with van der Waals surface area (Å²) in [5, 5.41) is 10.1. The Balaban J connectivity index is 1.73. The number of rotatable bonds is 5. The summed E-state index contributed by atoms with van der Waals surface area (Å²) in [5.41, 5.74) is 3.70. The molecule has 1 aliphatic heterocycles. The number of hydrogen-bond donors (Lipinski definition) is 1. The predicted molar refractivity (Wildman–Crippen MR) is 83.1 cm³/mol. The number of fused-ring (bicyclic) bond motifs is 1. The van der Waals surface area contributed by atoms with E-state index in [0.29, 0.717) is 0 Å². The van der Waals surface area contributed by atoms with Crippen molar-refractivity contribution in [1.29, 1.82) is 0 Å². The van der Waals surface area contributed by atoms with E-state index in [1.165, 1.54) is 11.1 Å². The zero-order valence-corrected chi connectivity index (χ0v) is 12.5. The molecule has 2 unspecified atom stereocenters. The highest BCUT2D eigenvalue weighted by Crippen LogP contribution is 2.29. The maximum Gasteiger partial charge on any atom is 0.101 e. The van der Waals surface area contributed by atoms with E-state index in [2.05, 4.69) is 35.8 Å². The van der Waals surface area contributed by atoms with Gasteiger partial charge in [-0.05, 0) is 35.6 Å². The molecule has 1 N–H and O–H groups in total. The summed E-state index contributed by atoms with van der Waals surface area (Å²) >= 11 is 0. The fourth-order valence-electron chi connectivity index (χ4n) is 3.03. The van der Waals surface area contributed by atoms with Crippen molar-refractivity contribution in [2.75, 3.05) is 6.61 Å². The van der Waals surface area contributed by atoms with Gasteiger partial charge < -0.3 is 14.4 Å². The van der Waals surface area contributed by atoms with Gasteiger partial charge in [-0.1, -0.05) is 37.6 Å². The lowest BCUT2D eigenvalue weighted by Gasteiger charge is -2.26. The fourth-order valence-corrected chi connectivity index (χ4v) is 3.03. The SMILES string of the molecule is CCCC(O)c1ccn(CC2OCCc3ccccc32)c1. The normalized spacial score (nSPS) is 19.2. The third-order valence-corrected chi connectivity index (χ3v) is 4.19.